The van der Waals surface area contributed by atoms with Gasteiger partial charge in [-0.2, -0.15) is 0 Å². The van der Waals surface area contributed by atoms with Crippen LogP contribution in [-0.2, 0) is 0 Å². The summed E-state index contributed by atoms with van der Waals surface area (Å²) in [5, 5.41) is 13.0. The van der Waals surface area contributed by atoms with Gasteiger partial charge in [0, 0.05) is 25.2 Å². The molecule has 12 heavy (non-hydrogen) atoms. The van der Waals surface area contributed by atoms with Crippen LogP contribution in [0.3, 0.4) is 0 Å². The second kappa shape index (κ2) is 4.21. The van der Waals surface area contributed by atoms with Gasteiger partial charge in [-0.15, -0.1) is 0 Å². The second-order valence-corrected chi connectivity index (χ2v) is 4.05. The summed E-state index contributed by atoms with van der Waals surface area (Å²) >= 11 is 0. The molecule has 2 unspecified atom stereocenters. The second-order valence-electron chi connectivity index (χ2n) is 4.05. The van der Waals surface area contributed by atoms with E-state index in [4.69, 9.17) is 0 Å². The highest BCUT2D eigenvalue weighted by Crippen LogP contribution is 2.09. The average molecular weight is 172 g/mol. The van der Waals surface area contributed by atoms with E-state index < -0.39 is 0 Å². The predicted molar refractivity (Wildman–Crippen MR) is 50.2 cm³/mol. The van der Waals surface area contributed by atoms with Crippen LogP contribution < -0.4 is 5.32 Å². The van der Waals surface area contributed by atoms with Crippen LogP contribution in [-0.4, -0.2) is 48.3 Å². The summed E-state index contributed by atoms with van der Waals surface area (Å²) in [4.78, 5) is 2.26. The molecule has 2 N–H and O–H groups in total. The van der Waals surface area contributed by atoms with E-state index in [1.165, 1.54) is 0 Å². The molecule has 0 aromatic rings. The monoisotopic (exact) mass is 172 g/mol. The Balaban J connectivity index is 2.38. The van der Waals surface area contributed by atoms with Gasteiger partial charge >= 0.3 is 0 Å². The third kappa shape index (κ3) is 2.73. The molecule has 0 bridgehead atoms. The average Bonchev–Trinajstić information content (AvgIpc) is 1.96. The van der Waals surface area contributed by atoms with Crippen molar-refractivity contribution in [2.75, 3.05) is 20.1 Å². The van der Waals surface area contributed by atoms with Gasteiger partial charge in [0.1, 0.15) is 0 Å². The first-order valence-corrected chi connectivity index (χ1v) is 4.72. The number of hydrogen-bond acceptors (Lipinski definition) is 3. The normalized spacial score (nSPS) is 32.8. The Kier molecular flexibility index (Phi) is 3.50. The van der Waals surface area contributed by atoms with E-state index in [-0.39, 0.29) is 12.1 Å². The lowest BCUT2D eigenvalue weighted by Crippen LogP contribution is -2.54. The molecule has 0 aromatic heterocycles. The van der Waals surface area contributed by atoms with Gasteiger partial charge in [-0.05, 0) is 13.5 Å². The van der Waals surface area contributed by atoms with Gasteiger partial charge in [-0.3, -0.25) is 0 Å². The minimum Gasteiger partial charge on any atom is -0.391 e. The molecule has 0 amide bonds. The molecule has 1 rings (SSSR count). The van der Waals surface area contributed by atoms with Gasteiger partial charge in [0.15, 0.2) is 0 Å². The van der Waals surface area contributed by atoms with E-state index in [9.17, 15) is 5.11 Å². The molecule has 1 fully saturated rings. The molecule has 1 aliphatic heterocycles. The number of nitrogens with zero attached hydrogens (tertiary/aromatic N) is 1. The fourth-order valence-electron chi connectivity index (χ4n) is 1.69. The number of nitrogens with one attached hydrogen (secondary N) is 1. The highest BCUT2D eigenvalue weighted by Gasteiger charge is 2.25. The maximum absolute atomic E-state index is 9.65. The maximum Gasteiger partial charge on any atom is 0.0718 e. The Morgan fingerprint density at radius 3 is 2.75 bits per heavy atom. The fraction of sp³-hybridized carbons (Fsp3) is 1.00. The van der Waals surface area contributed by atoms with Crippen LogP contribution >= 0.6 is 0 Å². The minimum atomic E-state index is -0.163. The molecule has 1 heterocycles. The van der Waals surface area contributed by atoms with Crippen molar-refractivity contribution in [1.82, 2.24) is 10.2 Å². The van der Waals surface area contributed by atoms with Gasteiger partial charge in [0.25, 0.3) is 0 Å². The largest absolute Gasteiger partial charge is 0.391 e. The molecule has 2 atom stereocenters. The van der Waals surface area contributed by atoms with Gasteiger partial charge in [0.05, 0.1) is 6.10 Å². The highest BCUT2D eigenvalue weighted by atomic mass is 16.3. The zero-order valence-corrected chi connectivity index (χ0v) is 8.25. The first-order chi connectivity index (χ1) is 5.59. The topological polar surface area (TPSA) is 35.5 Å². The van der Waals surface area contributed by atoms with Crippen molar-refractivity contribution in [2.24, 2.45) is 0 Å². The third-order valence-electron chi connectivity index (χ3n) is 2.33. The molecule has 0 saturated carbocycles. The molecule has 1 aliphatic rings. The van der Waals surface area contributed by atoms with Crippen molar-refractivity contribution in [3.63, 3.8) is 0 Å². The van der Waals surface area contributed by atoms with E-state index in [0.717, 1.165) is 19.5 Å². The van der Waals surface area contributed by atoms with Crippen molar-refractivity contribution < 1.29 is 5.11 Å². The Morgan fingerprint density at radius 1 is 1.50 bits per heavy atom. The predicted octanol–water partition coefficient (Wildman–Crippen LogP) is 0.0494. The summed E-state index contributed by atoms with van der Waals surface area (Å²) < 4.78 is 0. The third-order valence-corrected chi connectivity index (χ3v) is 2.33. The Hall–Kier alpha value is -0.120. The van der Waals surface area contributed by atoms with Gasteiger partial charge < -0.3 is 15.3 Å². The van der Waals surface area contributed by atoms with Crippen LogP contribution in [0.25, 0.3) is 0 Å². The molecule has 1 saturated heterocycles. The van der Waals surface area contributed by atoms with Crippen LogP contribution in [0.15, 0.2) is 0 Å². The molecule has 0 spiro atoms. The first-order valence-electron chi connectivity index (χ1n) is 4.72. The molecule has 0 aromatic carbocycles. The number of hydrogen-bond donors (Lipinski definition) is 2. The summed E-state index contributed by atoms with van der Waals surface area (Å²) in [6, 6.07) is 0.708. The summed E-state index contributed by atoms with van der Waals surface area (Å²) in [5.41, 5.74) is 0. The number of likely N-dealkylation sites (tertiary alicyclic amines) is 1. The van der Waals surface area contributed by atoms with E-state index >= 15 is 0 Å². The zero-order valence-electron chi connectivity index (χ0n) is 8.25. The SMILES string of the molecule is CC(C)NC1CN(C)CCC1O. The molecule has 0 aliphatic carbocycles. The molecule has 3 nitrogen and oxygen atoms in total. The zero-order chi connectivity index (χ0) is 9.14. The Morgan fingerprint density at radius 2 is 2.17 bits per heavy atom. The lowest BCUT2D eigenvalue weighted by Gasteiger charge is -2.35. The number of rotatable bonds is 2. The van der Waals surface area contributed by atoms with Crippen LogP contribution in [0.5, 0.6) is 0 Å². The van der Waals surface area contributed by atoms with Crippen molar-refractivity contribution in [2.45, 2.75) is 38.5 Å². The van der Waals surface area contributed by atoms with E-state index in [2.05, 4.69) is 31.1 Å². The molecule has 72 valence electrons. The summed E-state index contributed by atoms with van der Waals surface area (Å²) in [7, 11) is 2.10. The van der Waals surface area contributed by atoms with Crippen molar-refractivity contribution >= 4 is 0 Å². The summed E-state index contributed by atoms with van der Waals surface area (Å²) in [5.74, 6) is 0. The van der Waals surface area contributed by atoms with E-state index in [1.54, 1.807) is 0 Å². The fourth-order valence-corrected chi connectivity index (χ4v) is 1.69. The van der Waals surface area contributed by atoms with E-state index in [1.807, 2.05) is 0 Å². The standard InChI is InChI=1S/C9H20N2O/c1-7(2)10-8-6-11(3)5-4-9(8)12/h7-10,12H,4-6H2,1-3H3. The Labute approximate surface area is 74.8 Å². The van der Waals surface area contributed by atoms with Crippen molar-refractivity contribution in [3.05, 3.63) is 0 Å². The summed E-state index contributed by atoms with van der Waals surface area (Å²) in [6.07, 6.45) is 0.726. The number of aliphatic hydroxyl groups is 1. The van der Waals surface area contributed by atoms with Crippen LogP contribution in [0.2, 0.25) is 0 Å². The van der Waals surface area contributed by atoms with Crippen LogP contribution in [0.1, 0.15) is 20.3 Å². The smallest absolute Gasteiger partial charge is 0.0718 e. The molecular weight excluding hydrogens is 152 g/mol. The van der Waals surface area contributed by atoms with Crippen LogP contribution in [0.4, 0.5) is 0 Å². The minimum absolute atomic E-state index is 0.163. The first kappa shape index (κ1) is 9.96. The van der Waals surface area contributed by atoms with Gasteiger partial charge in [-0.25, -0.2) is 0 Å². The quantitative estimate of drug-likeness (QED) is 0.618. The highest BCUT2D eigenvalue weighted by molar-refractivity contribution is 4.84. The Bertz CT molecular complexity index is 136. The lowest BCUT2D eigenvalue weighted by atomic mass is 10.0. The van der Waals surface area contributed by atoms with Crippen molar-refractivity contribution in [1.29, 1.82) is 0 Å². The van der Waals surface area contributed by atoms with E-state index in [0.29, 0.717) is 6.04 Å². The van der Waals surface area contributed by atoms with Crippen LogP contribution in [0, 0.1) is 0 Å². The number of aliphatic hydroxyl groups excluding tert-OH is 1. The molecule has 0 radical (unpaired) electrons. The molecular formula is C9H20N2O. The molecule has 3 heteroatoms. The maximum atomic E-state index is 9.65. The number of piperidine rings is 1. The van der Waals surface area contributed by atoms with Crippen molar-refractivity contribution in [3.8, 4) is 0 Å². The van der Waals surface area contributed by atoms with Gasteiger partial charge in [-0.1, -0.05) is 13.8 Å². The number of likely N-dealkylation sites (N-methyl/N-ethyl adjacent to an activating group) is 1. The summed E-state index contributed by atoms with van der Waals surface area (Å²) in [6.45, 7) is 6.19. The van der Waals surface area contributed by atoms with Gasteiger partial charge in [0.2, 0.25) is 0 Å². The lowest BCUT2D eigenvalue weighted by molar-refractivity contribution is 0.0542.